The molecular formula is C12H15FN2O5S. The van der Waals surface area contributed by atoms with E-state index >= 15 is 0 Å². The number of sulfonamides is 1. The first-order chi connectivity index (χ1) is 9.79. The summed E-state index contributed by atoms with van der Waals surface area (Å²) in [5.74, 6) is -1.18. The van der Waals surface area contributed by atoms with Crippen molar-refractivity contribution in [2.75, 3.05) is 6.61 Å². The molecule has 1 heterocycles. The smallest absolute Gasteiger partial charge is 0.304 e. The Morgan fingerprint density at radius 1 is 1.48 bits per heavy atom. The number of nitro groups is 1. The van der Waals surface area contributed by atoms with Crippen LogP contribution < -0.4 is 4.72 Å². The fraction of sp³-hybridized carbons (Fsp3) is 0.500. The number of rotatable bonds is 4. The van der Waals surface area contributed by atoms with Crippen LogP contribution in [0.5, 0.6) is 0 Å². The van der Waals surface area contributed by atoms with Crippen LogP contribution in [-0.2, 0) is 14.8 Å². The molecule has 1 saturated heterocycles. The summed E-state index contributed by atoms with van der Waals surface area (Å²) in [6.07, 6.45) is 0.994. The topological polar surface area (TPSA) is 98.5 Å². The van der Waals surface area contributed by atoms with Crippen LogP contribution in [-0.4, -0.2) is 32.1 Å². The zero-order chi connectivity index (χ0) is 15.6. The Morgan fingerprint density at radius 3 is 2.76 bits per heavy atom. The molecule has 9 heteroatoms. The van der Waals surface area contributed by atoms with Crippen molar-refractivity contribution in [3.63, 3.8) is 0 Å². The largest absolute Gasteiger partial charge is 0.378 e. The van der Waals surface area contributed by atoms with Gasteiger partial charge in [0.05, 0.1) is 15.9 Å². The molecule has 0 bridgehead atoms. The third-order valence-electron chi connectivity index (χ3n) is 3.23. The van der Waals surface area contributed by atoms with Gasteiger partial charge in [0.2, 0.25) is 15.8 Å². The van der Waals surface area contributed by atoms with E-state index in [0.29, 0.717) is 25.5 Å². The normalized spacial score (nSPS) is 23.0. The van der Waals surface area contributed by atoms with Crippen LogP contribution in [0.1, 0.15) is 19.8 Å². The van der Waals surface area contributed by atoms with Crippen LogP contribution in [0.3, 0.4) is 0 Å². The lowest BCUT2D eigenvalue weighted by molar-refractivity contribution is -0.387. The van der Waals surface area contributed by atoms with Crippen molar-refractivity contribution in [1.82, 2.24) is 4.72 Å². The number of nitro benzene ring substituents is 1. The molecule has 1 aromatic rings. The Balaban J connectivity index is 2.19. The summed E-state index contributed by atoms with van der Waals surface area (Å²) < 4.78 is 45.6. The zero-order valence-electron chi connectivity index (χ0n) is 11.3. The van der Waals surface area contributed by atoms with Crippen LogP contribution in [0.2, 0.25) is 0 Å². The molecule has 2 rings (SSSR count). The average Bonchev–Trinajstić information content (AvgIpc) is 2.37. The fourth-order valence-corrected chi connectivity index (χ4v) is 3.49. The Labute approximate surface area is 121 Å². The predicted octanol–water partition coefficient (Wildman–Crippen LogP) is 1.58. The number of benzene rings is 1. The van der Waals surface area contributed by atoms with Crippen LogP contribution >= 0.6 is 0 Å². The van der Waals surface area contributed by atoms with E-state index in [1.165, 1.54) is 0 Å². The van der Waals surface area contributed by atoms with Gasteiger partial charge in [-0.25, -0.2) is 13.1 Å². The molecule has 21 heavy (non-hydrogen) atoms. The Morgan fingerprint density at radius 2 is 2.19 bits per heavy atom. The summed E-state index contributed by atoms with van der Waals surface area (Å²) in [7, 11) is -3.92. The summed E-state index contributed by atoms with van der Waals surface area (Å²) in [6, 6.07) is 2.23. The lowest BCUT2D eigenvalue weighted by atomic mass is 10.1. The summed E-state index contributed by atoms with van der Waals surface area (Å²) >= 11 is 0. The van der Waals surface area contributed by atoms with Crippen LogP contribution in [0.15, 0.2) is 23.1 Å². The number of ether oxygens (including phenoxy) is 1. The highest BCUT2D eigenvalue weighted by molar-refractivity contribution is 7.89. The van der Waals surface area contributed by atoms with Crippen molar-refractivity contribution in [2.24, 2.45) is 0 Å². The predicted molar refractivity (Wildman–Crippen MR) is 71.8 cm³/mol. The number of nitrogens with zero attached hydrogens (tertiary/aromatic N) is 1. The van der Waals surface area contributed by atoms with Gasteiger partial charge in [0, 0.05) is 24.8 Å². The molecule has 0 aromatic heterocycles. The van der Waals surface area contributed by atoms with Gasteiger partial charge < -0.3 is 4.74 Å². The summed E-state index contributed by atoms with van der Waals surface area (Å²) in [4.78, 5) is 9.29. The molecule has 1 aliphatic rings. The van der Waals surface area contributed by atoms with E-state index in [1.54, 1.807) is 0 Å². The molecule has 1 aromatic carbocycles. The van der Waals surface area contributed by atoms with E-state index in [0.717, 1.165) is 12.1 Å². The SMILES string of the molecule is CC1CC(NS(=O)(=O)c2ccc([N+](=O)[O-])c(F)c2)CCO1. The molecule has 1 aliphatic heterocycles. The first-order valence-electron chi connectivity index (χ1n) is 6.37. The summed E-state index contributed by atoms with van der Waals surface area (Å²) in [6.45, 7) is 2.29. The zero-order valence-corrected chi connectivity index (χ0v) is 12.1. The Kier molecular flexibility index (Phi) is 4.55. The average molecular weight is 318 g/mol. The molecule has 0 spiro atoms. The molecule has 0 radical (unpaired) electrons. The monoisotopic (exact) mass is 318 g/mol. The van der Waals surface area contributed by atoms with Gasteiger partial charge in [0.15, 0.2) is 0 Å². The maximum atomic E-state index is 13.5. The Bertz CT molecular complexity index is 649. The summed E-state index contributed by atoms with van der Waals surface area (Å²) in [5.41, 5.74) is -0.756. The van der Waals surface area contributed by atoms with Crippen LogP contribution in [0, 0.1) is 15.9 Å². The summed E-state index contributed by atoms with van der Waals surface area (Å²) in [5, 5.41) is 10.5. The minimum atomic E-state index is -3.92. The van der Waals surface area contributed by atoms with Crippen molar-refractivity contribution in [3.05, 3.63) is 34.1 Å². The van der Waals surface area contributed by atoms with Crippen molar-refractivity contribution in [1.29, 1.82) is 0 Å². The lowest BCUT2D eigenvalue weighted by Gasteiger charge is -2.27. The minimum Gasteiger partial charge on any atom is -0.378 e. The van der Waals surface area contributed by atoms with Gasteiger partial charge >= 0.3 is 5.69 Å². The molecular weight excluding hydrogens is 303 g/mol. The molecule has 0 saturated carbocycles. The van der Waals surface area contributed by atoms with Crippen molar-refractivity contribution in [3.8, 4) is 0 Å². The fourth-order valence-electron chi connectivity index (χ4n) is 2.20. The van der Waals surface area contributed by atoms with Gasteiger partial charge in [-0.1, -0.05) is 0 Å². The van der Waals surface area contributed by atoms with Crippen LogP contribution in [0.4, 0.5) is 10.1 Å². The molecule has 2 unspecified atom stereocenters. The van der Waals surface area contributed by atoms with Gasteiger partial charge in [-0.2, -0.15) is 4.39 Å². The standard InChI is InChI=1S/C12H15FN2O5S/c1-8-6-9(4-5-20-8)14-21(18,19)10-2-3-12(15(16)17)11(13)7-10/h2-3,7-9,14H,4-6H2,1H3. The number of nitrogens with one attached hydrogen (secondary N) is 1. The molecule has 1 fully saturated rings. The maximum absolute atomic E-state index is 13.5. The molecule has 0 aliphatic carbocycles. The highest BCUT2D eigenvalue weighted by Crippen LogP contribution is 2.22. The molecule has 7 nitrogen and oxygen atoms in total. The van der Waals surface area contributed by atoms with Gasteiger partial charge in [-0.3, -0.25) is 10.1 Å². The van der Waals surface area contributed by atoms with Gasteiger partial charge in [-0.15, -0.1) is 0 Å². The second-order valence-electron chi connectivity index (χ2n) is 4.89. The first kappa shape index (κ1) is 15.8. The van der Waals surface area contributed by atoms with E-state index < -0.39 is 26.5 Å². The molecule has 1 N–H and O–H groups in total. The van der Waals surface area contributed by atoms with E-state index in [-0.39, 0.29) is 17.0 Å². The quantitative estimate of drug-likeness (QED) is 0.671. The van der Waals surface area contributed by atoms with E-state index in [9.17, 15) is 22.9 Å². The maximum Gasteiger partial charge on any atom is 0.304 e. The second-order valence-corrected chi connectivity index (χ2v) is 6.61. The third kappa shape index (κ3) is 3.74. The van der Waals surface area contributed by atoms with Gasteiger partial charge in [-0.05, 0) is 25.8 Å². The van der Waals surface area contributed by atoms with Crippen molar-refractivity contribution in [2.45, 2.75) is 36.8 Å². The van der Waals surface area contributed by atoms with E-state index in [2.05, 4.69) is 4.72 Å². The molecule has 2 atom stereocenters. The second kappa shape index (κ2) is 6.04. The third-order valence-corrected chi connectivity index (χ3v) is 4.75. The molecule has 116 valence electrons. The number of hydrogen-bond acceptors (Lipinski definition) is 5. The Hall–Kier alpha value is -1.58. The van der Waals surface area contributed by atoms with Gasteiger partial charge in [0.1, 0.15) is 0 Å². The highest BCUT2D eigenvalue weighted by Gasteiger charge is 2.26. The van der Waals surface area contributed by atoms with E-state index in [4.69, 9.17) is 4.74 Å². The number of hydrogen-bond donors (Lipinski definition) is 1. The number of halogens is 1. The minimum absolute atomic E-state index is 0.0555. The van der Waals surface area contributed by atoms with Crippen molar-refractivity contribution >= 4 is 15.7 Å². The molecule has 0 amide bonds. The van der Waals surface area contributed by atoms with E-state index in [1.807, 2.05) is 6.92 Å². The van der Waals surface area contributed by atoms with Crippen molar-refractivity contribution < 1.29 is 22.5 Å². The first-order valence-corrected chi connectivity index (χ1v) is 7.86. The van der Waals surface area contributed by atoms with Crippen LogP contribution in [0.25, 0.3) is 0 Å². The van der Waals surface area contributed by atoms with Gasteiger partial charge in [0.25, 0.3) is 0 Å². The highest BCUT2D eigenvalue weighted by atomic mass is 32.2. The lowest BCUT2D eigenvalue weighted by Crippen LogP contribution is -2.41.